The molecule has 1 heterocycles. The first kappa shape index (κ1) is 16.2. The maximum Gasteiger partial charge on any atom is 0.269 e. The van der Waals surface area contributed by atoms with Gasteiger partial charge in [0.05, 0.1) is 5.69 Å². The lowest BCUT2D eigenvalue weighted by Gasteiger charge is -2.20. The number of aliphatic hydroxyl groups is 1. The quantitative estimate of drug-likeness (QED) is 0.766. The van der Waals surface area contributed by atoms with Crippen LogP contribution in [0.3, 0.4) is 0 Å². The van der Waals surface area contributed by atoms with E-state index in [9.17, 15) is 9.18 Å². The van der Waals surface area contributed by atoms with Gasteiger partial charge in [-0.3, -0.25) is 9.89 Å². The molecule has 5 nitrogen and oxygen atoms in total. The monoisotopic (exact) mass is 305 g/mol. The second kappa shape index (κ2) is 7.17. The van der Waals surface area contributed by atoms with Gasteiger partial charge in [0.2, 0.25) is 0 Å². The SMILES string of the molecule is CC(C)C(CCO)NC(=O)c1cc(-c2ccc(F)cc2)n[nH]1. The number of aromatic nitrogens is 2. The van der Waals surface area contributed by atoms with Crippen LogP contribution in [0.4, 0.5) is 4.39 Å². The predicted molar refractivity (Wildman–Crippen MR) is 81.8 cm³/mol. The number of H-pyrrole nitrogens is 1. The first-order chi connectivity index (χ1) is 10.5. The van der Waals surface area contributed by atoms with Crippen molar-refractivity contribution in [3.63, 3.8) is 0 Å². The number of rotatable bonds is 6. The van der Waals surface area contributed by atoms with Crippen LogP contribution in [0.25, 0.3) is 11.3 Å². The molecule has 2 aromatic rings. The largest absolute Gasteiger partial charge is 0.396 e. The Morgan fingerprint density at radius 1 is 1.36 bits per heavy atom. The maximum atomic E-state index is 12.9. The fraction of sp³-hybridized carbons (Fsp3) is 0.375. The molecule has 3 N–H and O–H groups in total. The van der Waals surface area contributed by atoms with Gasteiger partial charge in [0.25, 0.3) is 5.91 Å². The predicted octanol–water partition coefficient (Wildman–Crippen LogP) is 2.35. The van der Waals surface area contributed by atoms with Crippen molar-refractivity contribution in [2.24, 2.45) is 5.92 Å². The molecule has 2 rings (SSSR count). The number of nitrogens with zero attached hydrogens (tertiary/aromatic N) is 1. The van der Waals surface area contributed by atoms with Crippen molar-refractivity contribution in [2.45, 2.75) is 26.3 Å². The van der Waals surface area contributed by atoms with Gasteiger partial charge in [-0.15, -0.1) is 0 Å². The Bertz CT molecular complexity index is 623. The van der Waals surface area contributed by atoms with Crippen molar-refractivity contribution in [3.05, 3.63) is 41.8 Å². The third kappa shape index (κ3) is 3.92. The molecule has 22 heavy (non-hydrogen) atoms. The number of carbonyl (C=O) groups is 1. The molecule has 0 spiro atoms. The van der Waals surface area contributed by atoms with Gasteiger partial charge in [-0.2, -0.15) is 5.10 Å². The van der Waals surface area contributed by atoms with E-state index in [-0.39, 0.29) is 30.3 Å². The summed E-state index contributed by atoms with van der Waals surface area (Å²) in [7, 11) is 0. The normalized spacial score (nSPS) is 12.4. The van der Waals surface area contributed by atoms with Crippen LogP contribution < -0.4 is 5.32 Å². The Kier molecular flexibility index (Phi) is 5.27. The summed E-state index contributed by atoms with van der Waals surface area (Å²) < 4.78 is 12.9. The van der Waals surface area contributed by atoms with E-state index in [1.54, 1.807) is 18.2 Å². The van der Waals surface area contributed by atoms with Gasteiger partial charge in [-0.1, -0.05) is 13.8 Å². The van der Waals surface area contributed by atoms with Gasteiger partial charge in [-0.05, 0) is 42.7 Å². The third-order valence-corrected chi connectivity index (χ3v) is 3.52. The Labute approximate surface area is 128 Å². The maximum absolute atomic E-state index is 12.9. The van der Waals surface area contributed by atoms with Crippen LogP contribution in [-0.2, 0) is 0 Å². The van der Waals surface area contributed by atoms with Gasteiger partial charge < -0.3 is 10.4 Å². The summed E-state index contributed by atoms with van der Waals surface area (Å²) >= 11 is 0. The molecule has 0 saturated heterocycles. The van der Waals surface area contributed by atoms with E-state index in [0.717, 1.165) is 5.56 Å². The molecule has 1 aromatic carbocycles. The smallest absolute Gasteiger partial charge is 0.269 e. The van der Waals surface area contributed by atoms with Crippen molar-refractivity contribution in [1.29, 1.82) is 0 Å². The Morgan fingerprint density at radius 2 is 2.05 bits per heavy atom. The average molecular weight is 305 g/mol. The van der Waals surface area contributed by atoms with Crippen LogP contribution in [0.15, 0.2) is 30.3 Å². The zero-order chi connectivity index (χ0) is 16.1. The first-order valence-corrected chi connectivity index (χ1v) is 7.24. The number of aliphatic hydroxyl groups excluding tert-OH is 1. The van der Waals surface area contributed by atoms with Crippen LogP contribution in [-0.4, -0.2) is 33.9 Å². The lowest BCUT2D eigenvalue weighted by Crippen LogP contribution is -2.39. The van der Waals surface area contributed by atoms with Gasteiger partial charge in [0, 0.05) is 18.2 Å². The number of benzene rings is 1. The molecule has 1 amide bonds. The molecule has 6 heteroatoms. The standard InChI is InChI=1S/C16H20FN3O2/c1-10(2)13(7-8-21)18-16(22)15-9-14(19-20-15)11-3-5-12(17)6-4-11/h3-6,9-10,13,21H,7-8H2,1-2H3,(H,18,22)(H,19,20). The molecule has 1 aromatic heterocycles. The van der Waals surface area contributed by atoms with Crippen LogP contribution >= 0.6 is 0 Å². The summed E-state index contributed by atoms with van der Waals surface area (Å²) in [4.78, 5) is 12.2. The molecule has 0 aliphatic heterocycles. The number of nitrogens with one attached hydrogen (secondary N) is 2. The first-order valence-electron chi connectivity index (χ1n) is 7.24. The third-order valence-electron chi connectivity index (χ3n) is 3.52. The van der Waals surface area contributed by atoms with Crippen LogP contribution in [0, 0.1) is 11.7 Å². The second-order valence-corrected chi connectivity index (χ2v) is 5.51. The highest BCUT2D eigenvalue weighted by Crippen LogP contribution is 2.18. The zero-order valence-corrected chi connectivity index (χ0v) is 12.6. The van der Waals surface area contributed by atoms with E-state index in [4.69, 9.17) is 5.11 Å². The fourth-order valence-corrected chi connectivity index (χ4v) is 2.16. The molecule has 0 aliphatic rings. The zero-order valence-electron chi connectivity index (χ0n) is 12.6. The van der Waals surface area contributed by atoms with Crippen LogP contribution in [0.1, 0.15) is 30.8 Å². The number of hydrogen-bond donors (Lipinski definition) is 3. The number of hydrogen-bond acceptors (Lipinski definition) is 3. The summed E-state index contributed by atoms with van der Waals surface area (Å²) in [6.45, 7) is 3.99. The lowest BCUT2D eigenvalue weighted by molar-refractivity contribution is 0.0911. The molecular weight excluding hydrogens is 285 g/mol. The van der Waals surface area contributed by atoms with Crippen molar-refractivity contribution in [1.82, 2.24) is 15.5 Å². The molecule has 118 valence electrons. The van der Waals surface area contributed by atoms with E-state index < -0.39 is 0 Å². The highest BCUT2D eigenvalue weighted by atomic mass is 19.1. The highest BCUT2D eigenvalue weighted by Gasteiger charge is 2.18. The minimum atomic E-state index is -0.318. The van der Waals surface area contributed by atoms with E-state index in [1.165, 1.54) is 12.1 Å². The molecule has 0 aliphatic carbocycles. The van der Waals surface area contributed by atoms with E-state index in [1.807, 2.05) is 13.8 Å². The molecular formula is C16H20FN3O2. The summed E-state index contributed by atoms with van der Waals surface area (Å²) in [5.74, 6) is -0.371. The lowest BCUT2D eigenvalue weighted by atomic mass is 10.0. The minimum absolute atomic E-state index is 0.0208. The number of amides is 1. The average Bonchev–Trinajstić information content (AvgIpc) is 2.97. The Balaban J connectivity index is 2.10. The fourth-order valence-electron chi connectivity index (χ4n) is 2.16. The summed E-state index contributed by atoms with van der Waals surface area (Å²) in [5.41, 5.74) is 1.64. The van der Waals surface area contributed by atoms with Crippen LogP contribution in [0.5, 0.6) is 0 Å². The van der Waals surface area contributed by atoms with Crippen LogP contribution in [0.2, 0.25) is 0 Å². The van der Waals surface area contributed by atoms with Crippen molar-refractivity contribution in [3.8, 4) is 11.3 Å². The molecule has 0 bridgehead atoms. The second-order valence-electron chi connectivity index (χ2n) is 5.51. The number of carbonyl (C=O) groups excluding carboxylic acids is 1. The van der Waals surface area contributed by atoms with E-state index in [0.29, 0.717) is 17.8 Å². The van der Waals surface area contributed by atoms with Crippen molar-refractivity contribution < 1.29 is 14.3 Å². The topological polar surface area (TPSA) is 78.0 Å². The van der Waals surface area contributed by atoms with Gasteiger partial charge in [-0.25, -0.2) is 4.39 Å². The number of aromatic amines is 1. The minimum Gasteiger partial charge on any atom is -0.396 e. The van der Waals surface area contributed by atoms with Gasteiger partial charge in [0.15, 0.2) is 0 Å². The molecule has 0 saturated carbocycles. The van der Waals surface area contributed by atoms with Gasteiger partial charge >= 0.3 is 0 Å². The summed E-state index contributed by atoms with van der Waals surface area (Å²) in [6, 6.07) is 7.43. The van der Waals surface area contributed by atoms with Crippen molar-refractivity contribution in [2.75, 3.05) is 6.61 Å². The molecule has 0 fully saturated rings. The van der Waals surface area contributed by atoms with E-state index in [2.05, 4.69) is 15.5 Å². The highest BCUT2D eigenvalue weighted by molar-refractivity contribution is 5.93. The van der Waals surface area contributed by atoms with E-state index >= 15 is 0 Å². The van der Waals surface area contributed by atoms with Crippen molar-refractivity contribution >= 4 is 5.91 Å². The van der Waals surface area contributed by atoms with Gasteiger partial charge in [0.1, 0.15) is 11.5 Å². The molecule has 1 atom stereocenters. The Hall–Kier alpha value is -2.21. The number of halogens is 1. The summed E-state index contributed by atoms with van der Waals surface area (Å²) in [5, 5.41) is 18.7. The Morgan fingerprint density at radius 3 is 2.64 bits per heavy atom. The molecule has 0 radical (unpaired) electrons. The summed E-state index contributed by atoms with van der Waals surface area (Å²) in [6.07, 6.45) is 0.502. The molecule has 1 unspecified atom stereocenters.